The molecule has 0 spiro atoms. The summed E-state index contributed by atoms with van der Waals surface area (Å²) in [6, 6.07) is 0. The summed E-state index contributed by atoms with van der Waals surface area (Å²) in [6.07, 6.45) is 0. The van der Waals surface area contributed by atoms with Crippen LogP contribution in [0.25, 0.3) is 0 Å². The van der Waals surface area contributed by atoms with Crippen LogP contribution in [0.2, 0.25) is 0 Å². The fraction of sp³-hybridized carbons (Fsp3) is 0. The Morgan fingerprint density at radius 3 is 1.00 bits per heavy atom. The molecule has 0 aromatic rings. The van der Waals surface area contributed by atoms with Gasteiger partial charge in [-0.05, 0) is 0 Å². The number of hydrogen-bond donors (Lipinski definition) is 3. The van der Waals surface area contributed by atoms with Gasteiger partial charge in [0, 0.05) is 10.4 Å². The maximum atomic E-state index is 8.52. The van der Waals surface area contributed by atoms with E-state index in [2.05, 4.69) is 0 Å². The largest absolute Gasteiger partial charge is 1.00 e. The number of hydrogen-bond acceptors (Lipinski definition) is 7. The van der Waals surface area contributed by atoms with Crippen LogP contribution >= 0.6 is 0 Å². The number of rotatable bonds is 0. The minimum absolute atomic E-state index is 0. The van der Waals surface area contributed by atoms with Crippen molar-refractivity contribution >= 4 is 17.7 Å². The van der Waals surface area contributed by atoms with Gasteiger partial charge in [0.15, 0.2) is 0 Å². The van der Waals surface area contributed by atoms with Gasteiger partial charge >= 0.3 is 66.4 Å². The third-order valence-electron chi connectivity index (χ3n) is 0. The molecular weight excluding hydrogens is 217 g/mol. The molecule has 0 saturated heterocycles. The van der Waals surface area contributed by atoms with Crippen LogP contribution in [0.5, 0.6) is 0 Å². The first-order valence-electron chi connectivity index (χ1n) is 1.44. The summed E-state index contributed by atoms with van der Waals surface area (Å²) in [5.41, 5.74) is 0. The normalized spacial score (nSPS) is 7.08. The van der Waals surface area contributed by atoms with E-state index in [1.165, 1.54) is 0 Å². The van der Waals surface area contributed by atoms with Gasteiger partial charge in [-0.15, -0.1) is 0 Å². The first-order valence-corrected chi connectivity index (χ1v) is 2.77. The molecule has 0 amide bonds. The predicted octanol–water partition coefficient (Wildman–Crippen LogP) is -10.2. The molecule has 0 aliphatic heterocycles. The molecule has 0 heterocycles. The first-order chi connectivity index (χ1) is 3.73. The van der Waals surface area contributed by atoms with E-state index in [1.807, 2.05) is 0 Å². The van der Waals surface area contributed by atoms with Crippen molar-refractivity contribution in [1.82, 2.24) is 0 Å². The molecule has 8 nitrogen and oxygen atoms in total. The smallest absolute Gasteiger partial charge is 0.759 e. The van der Waals surface area contributed by atoms with Crippen molar-refractivity contribution in [3.05, 3.63) is 0 Å². The van der Waals surface area contributed by atoms with Crippen LogP contribution in [0.3, 0.4) is 0 Å². The third kappa shape index (κ3) is 434. The zero-order chi connectivity index (χ0) is 8.08. The van der Waals surface area contributed by atoms with E-state index in [0.717, 1.165) is 0 Å². The zero-order valence-corrected chi connectivity index (χ0v) is 11.3. The topological polar surface area (TPSA) is 172 Å². The predicted molar refractivity (Wildman–Crippen MR) is 26.5 cm³/mol. The summed E-state index contributed by atoms with van der Waals surface area (Å²) in [6.45, 7) is 0. The Morgan fingerprint density at radius 2 is 1.00 bits per heavy atom. The maximum absolute atomic E-state index is 8.52. The summed E-state index contributed by atoms with van der Waals surface area (Å²) in [7, 11) is -7.33. The summed E-state index contributed by atoms with van der Waals surface area (Å²) < 4.78 is 34.1. The van der Waals surface area contributed by atoms with Crippen molar-refractivity contribution in [3.63, 3.8) is 0 Å². The quantitative estimate of drug-likeness (QED) is 0.207. The molecule has 0 unspecified atom stereocenters. The summed E-state index contributed by atoms with van der Waals surface area (Å²) in [5.74, 6) is 0. The van der Waals surface area contributed by atoms with Crippen molar-refractivity contribution in [2.24, 2.45) is 0 Å². The fourth-order valence-corrected chi connectivity index (χ4v) is 0. The first kappa shape index (κ1) is 29.2. The van der Waals surface area contributed by atoms with Crippen LogP contribution < -0.4 is 59.1 Å². The Labute approximate surface area is 114 Å². The van der Waals surface area contributed by atoms with Crippen LogP contribution in [-0.2, 0) is 10.4 Å². The van der Waals surface area contributed by atoms with Gasteiger partial charge in [0.25, 0.3) is 0 Å². The molecule has 0 fully saturated rings. The Hall–Kier alpha value is 1.77. The average Bonchev–Trinajstić information content (AvgIpc) is 1.19. The Bertz CT molecular complexity index is 128. The van der Waals surface area contributed by atoms with E-state index in [9.17, 15) is 0 Å². The third-order valence-corrected chi connectivity index (χ3v) is 0. The van der Waals surface area contributed by atoms with E-state index in [-0.39, 0.29) is 64.6 Å². The van der Waals surface area contributed by atoms with E-state index in [4.69, 9.17) is 32.6 Å². The molecule has 64 valence electrons. The second-order valence-corrected chi connectivity index (χ2v) is 1.57. The van der Waals surface area contributed by atoms with Gasteiger partial charge in [0.05, 0.1) is 0 Å². The molecule has 0 bridgehead atoms. The van der Waals surface area contributed by atoms with Gasteiger partial charge in [-0.25, -0.2) is 0 Å². The SMILES string of the molecule is O.O=S(=O)([O-])[O-].OB(O)O.[Na+].[Na+]. The van der Waals surface area contributed by atoms with Gasteiger partial charge < -0.3 is 29.7 Å². The summed E-state index contributed by atoms with van der Waals surface area (Å²) >= 11 is 0. The molecule has 0 aliphatic rings. The van der Waals surface area contributed by atoms with Crippen LogP contribution in [-0.4, -0.2) is 45.4 Å². The van der Waals surface area contributed by atoms with E-state index in [1.54, 1.807) is 0 Å². The monoisotopic (exact) mass is 222 g/mol. The van der Waals surface area contributed by atoms with Crippen molar-refractivity contribution in [1.29, 1.82) is 0 Å². The molecular formula is H5BNa2O8S. The van der Waals surface area contributed by atoms with Crippen LogP contribution in [0.15, 0.2) is 0 Å². The van der Waals surface area contributed by atoms with Crippen molar-refractivity contribution in [2.75, 3.05) is 0 Å². The minimum Gasteiger partial charge on any atom is -0.759 e. The Balaban J connectivity index is -0.0000000221. The zero-order valence-electron chi connectivity index (χ0n) is 6.46. The molecule has 5 N–H and O–H groups in total. The van der Waals surface area contributed by atoms with Crippen molar-refractivity contribution in [3.8, 4) is 0 Å². The van der Waals surface area contributed by atoms with E-state index in [0.29, 0.717) is 0 Å². The Kier molecular flexibility index (Phi) is 37.1. The summed E-state index contributed by atoms with van der Waals surface area (Å²) in [4.78, 5) is 0. The van der Waals surface area contributed by atoms with Crippen molar-refractivity contribution in [2.45, 2.75) is 0 Å². The average molecular weight is 222 g/mol. The van der Waals surface area contributed by atoms with E-state index >= 15 is 0 Å². The molecule has 0 radical (unpaired) electrons. The van der Waals surface area contributed by atoms with E-state index < -0.39 is 17.7 Å². The molecule has 0 atom stereocenters. The summed E-state index contributed by atoms with van der Waals surface area (Å²) in [5, 5.41) is 21.5. The maximum Gasteiger partial charge on any atom is 1.00 e. The standard InChI is InChI=1S/BH3O3.2Na.H2O4S.H2O/c2-1(3)4;;;1-5(2,3)4;/h2-4H;;;(H2,1,2,3,4);1H2/q;2*+1;;/p-2. The van der Waals surface area contributed by atoms with Crippen molar-refractivity contribution < 1.29 is 97.2 Å². The molecule has 12 heavy (non-hydrogen) atoms. The molecule has 0 rings (SSSR count). The Morgan fingerprint density at radius 1 is 1.00 bits per heavy atom. The molecule has 12 heteroatoms. The van der Waals surface area contributed by atoms with Crippen LogP contribution in [0.1, 0.15) is 0 Å². The second kappa shape index (κ2) is 15.3. The fourth-order valence-electron chi connectivity index (χ4n) is 0. The minimum atomic E-state index is -5.17. The second-order valence-electron chi connectivity index (χ2n) is 0.755. The van der Waals surface area contributed by atoms with Gasteiger partial charge in [-0.3, -0.25) is 8.42 Å². The van der Waals surface area contributed by atoms with Gasteiger partial charge in [-0.2, -0.15) is 0 Å². The van der Waals surface area contributed by atoms with Gasteiger partial charge in [0.2, 0.25) is 0 Å². The molecule has 0 aliphatic carbocycles. The molecule has 0 aromatic carbocycles. The molecule has 0 aromatic heterocycles. The van der Waals surface area contributed by atoms with Crippen LogP contribution in [0, 0.1) is 0 Å². The van der Waals surface area contributed by atoms with Crippen LogP contribution in [0.4, 0.5) is 0 Å². The molecule has 0 saturated carbocycles. The van der Waals surface area contributed by atoms with Gasteiger partial charge in [-0.1, -0.05) is 0 Å². The van der Waals surface area contributed by atoms with Gasteiger partial charge in [0.1, 0.15) is 0 Å².